The fourth-order valence-corrected chi connectivity index (χ4v) is 1.76. The molecule has 0 amide bonds. The van der Waals surface area contributed by atoms with Crippen molar-refractivity contribution in [2.45, 2.75) is 45.1 Å². The van der Waals surface area contributed by atoms with Gasteiger partial charge in [-0.3, -0.25) is 4.79 Å². The lowest BCUT2D eigenvalue weighted by Crippen LogP contribution is -2.33. The molecule has 0 unspecified atom stereocenters. The van der Waals surface area contributed by atoms with Crippen molar-refractivity contribution in [3.05, 3.63) is 48.3 Å². The van der Waals surface area contributed by atoms with E-state index in [1.807, 2.05) is 12.1 Å². The lowest BCUT2D eigenvalue weighted by molar-refractivity contribution is -0.139. The molecule has 1 atom stereocenters. The Hall–Kier alpha value is -1.68. The maximum absolute atomic E-state index is 12.3. The number of hydrogen-bond acceptors (Lipinski definition) is 2. The van der Waals surface area contributed by atoms with Crippen LogP contribution in [-0.4, -0.2) is 24.2 Å². The molecule has 0 saturated heterocycles. The van der Waals surface area contributed by atoms with Gasteiger partial charge >= 0.3 is 5.97 Å². The number of carboxylic acids is 1. The predicted molar refractivity (Wildman–Crippen MR) is 84.9 cm³/mol. The molecule has 4 heteroatoms. The fraction of sp³-hybridized carbons (Fsp3) is 0.471. The van der Waals surface area contributed by atoms with Gasteiger partial charge in [0.2, 0.25) is 0 Å². The first-order chi connectivity index (χ1) is 10.0. The van der Waals surface area contributed by atoms with Crippen LogP contribution in [0.25, 0.3) is 0 Å². The highest BCUT2D eigenvalue weighted by Crippen LogP contribution is 2.06. The van der Waals surface area contributed by atoms with Crippen molar-refractivity contribution in [3.63, 3.8) is 0 Å². The summed E-state index contributed by atoms with van der Waals surface area (Å²) in [6, 6.07) is 6.31. The highest BCUT2D eigenvalue weighted by molar-refractivity contribution is 5.73. The second-order valence-electron chi connectivity index (χ2n) is 4.86. The number of nitrogens with one attached hydrogen (secondary N) is 1. The van der Waals surface area contributed by atoms with Gasteiger partial charge in [0.25, 0.3) is 0 Å². The van der Waals surface area contributed by atoms with Gasteiger partial charge in [-0.05, 0) is 44.9 Å². The minimum absolute atomic E-state index is 0.132. The van der Waals surface area contributed by atoms with Crippen LogP contribution in [0.15, 0.2) is 36.9 Å². The number of aryl methyl sites for hydroxylation is 1. The summed E-state index contributed by atoms with van der Waals surface area (Å²) in [6.45, 7) is 5.38. The van der Waals surface area contributed by atoms with Crippen LogP contribution in [0, 0.1) is 12.7 Å². The molecule has 1 rings (SSSR count). The standard InChI is InChI=1S/C10H19NO2.C7H7F/c1-3-4-5-6-7-8-9(11-2)10(12)13;1-6-4-2-3-5-7(6)8/h3,9,11H,1,4-8H2,2H3,(H,12,13);2-5H,1H3/t9-;/m0./s1. The third-order valence-corrected chi connectivity index (χ3v) is 3.12. The van der Waals surface area contributed by atoms with E-state index in [2.05, 4.69) is 11.9 Å². The van der Waals surface area contributed by atoms with E-state index >= 15 is 0 Å². The zero-order chi connectivity index (χ0) is 16.1. The van der Waals surface area contributed by atoms with Gasteiger partial charge in [0.15, 0.2) is 0 Å². The van der Waals surface area contributed by atoms with Crippen LogP contribution in [0.3, 0.4) is 0 Å². The van der Waals surface area contributed by atoms with Gasteiger partial charge in [-0.15, -0.1) is 6.58 Å². The number of unbranched alkanes of at least 4 members (excludes halogenated alkanes) is 3. The maximum Gasteiger partial charge on any atom is 0.320 e. The molecular weight excluding hydrogens is 269 g/mol. The van der Waals surface area contributed by atoms with Crippen molar-refractivity contribution >= 4 is 5.97 Å². The maximum atomic E-state index is 12.3. The number of hydrogen-bond donors (Lipinski definition) is 2. The lowest BCUT2D eigenvalue weighted by Gasteiger charge is -2.09. The molecule has 2 N–H and O–H groups in total. The number of likely N-dealkylation sites (N-methyl/N-ethyl adjacent to an activating group) is 1. The number of benzene rings is 1. The summed E-state index contributed by atoms with van der Waals surface area (Å²) < 4.78 is 12.3. The van der Waals surface area contributed by atoms with Crippen LogP contribution in [0.1, 0.15) is 37.7 Å². The van der Waals surface area contributed by atoms with Gasteiger partial charge in [-0.2, -0.15) is 0 Å². The molecule has 0 aliphatic carbocycles. The number of aliphatic carboxylic acids is 1. The van der Waals surface area contributed by atoms with Crippen LogP contribution in [0.4, 0.5) is 4.39 Å². The smallest absolute Gasteiger partial charge is 0.320 e. The molecule has 0 saturated carbocycles. The van der Waals surface area contributed by atoms with Crippen molar-refractivity contribution in [2.24, 2.45) is 0 Å². The molecule has 118 valence electrons. The number of rotatable bonds is 8. The minimum Gasteiger partial charge on any atom is -0.480 e. The van der Waals surface area contributed by atoms with Gasteiger partial charge in [0.05, 0.1) is 0 Å². The largest absolute Gasteiger partial charge is 0.480 e. The zero-order valence-electron chi connectivity index (χ0n) is 12.9. The van der Waals surface area contributed by atoms with E-state index in [0.29, 0.717) is 12.0 Å². The average molecular weight is 295 g/mol. The van der Waals surface area contributed by atoms with Crippen molar-refractivity contribution in [3.8, 4) is 0 Å². The molecule has 0 aliphatic rings. The Kier molecular flexibility index (Phi) is 11.1. The van der Waals surface area contributed by atoms with E-state index in [1.54, 1.807) is 26.1 Å². The van der Waals surface area contributed by atoms with Crippen molar-refractivity contribution in [2.75, 3.05) is 7.05 Å². The Balaban J connectivity index is 0.000000423. The van der Waals surface area contributed by atoms with Crippen LogP contribution in [-0.2, 0) is 4.79 Å². The van der Waals surface area contributed by atoms with E-state index in [0.717, 1.165) is 25.7 Å². The van der Waals surface area contributed by atoms with Gasteiger partial charge in [-0.1, -0.05) is 37.1 Å². The summed E-state index contributed by atoms with van der Waals surface area (Å²) in [4.78, 5) is 10.6. The third-order valence-electron chi connectivity index (χ3n) is 3.12. The first-order valence-electron chi connectivity index (χ1n) is 7.25. The SMILES string of the molecule is C=CCCCCC[C@H](NC)C(=O)O.Cc1ccccc1F. The highest BCUT2D eigenvalue weighted by atomic mass is 19.1. The third kappa shape index (κ3) is 9.79. The summed E-state index contributed by atoms with van der Waals surface area (Å²) in [5.41, 5.74) is 0.701. The molecule has 0 aliphatic heterocycles. The van der Waals surface area contributed by atoms with Gasteiger partial charge in [0.1, 0.15) is 11.9 Å². The van der Waals surface area contributed by atoms with E-state index < -0.39 is 5.97 Å². The van der Waals surface area contributed by atoms with Crippen LogP contribution in [0.2, 0.25) is 0 Å². The van der Waals surface area contributed by atoms with Crippen molar-refractivity contribution < 1.29 is 14.3 Å². The molecule has 0 heterocycles. The van der Waals surface area contributed by atoms with Crippen LogP contribution >= 0.6 is 0 Å². The second-order valence-corrected chi connectivity index (χ2v) is 4.86. The Morgan fingerprint density at radius 2 is 2.05 bits per heavy atom. The van der Waals surface area contributed by atoms with Crippen LogP contribution < -0.4 is 5.32 Å². The first-order valence-corrected chi connectivity index (χ1v) is 7.25. The molecule has 3 nitrogen and oxygen atoms in total. The number of allylic oxidation sites excluding steroid dienone is 1. The highest BCUT2D eigenvalue weighted by Gasteiger charge is 2.12. The molecule has 0 spiro atoms. The average Bonchev–Trinajstić information content (AvgIpc) is 2.46. The quantitative estimate of drug-likeness (QED) is 0.564. The Bertz CT molecular complexity index is 400. The van der Waals surface area contributed by atoms with Gasteiger partial charge < -0.3 is 10.4 Å². The van der Waals surface area contributed by atoms with Crippen LogP contribution in [0.5, 0.6) is 0 Å². The predicted octanol–water partition coefficient (Wildman–Crippen LogP) is 3.93. The Labute approximate surface area is 126 Å². The topological polar surface area (TPSA) is 49.3 Å². The molecule has 0 fully saturated rings. The molecular formula is C17H26FNO2. The second kappa shape index (κ2) is 12.1. The normalized spacial score (nSPS) is 11.2. The Morgan fingerprint density at radius 3 is 2.48 bits per heavy atom. The minimum atomic E-state index is -0.758. The molecule has 0 aromatic heterocycles. The van der Waals surface area contributed by atoms with E-state index in [9.17, 15) is 9.18 Å². The summed E-state index contributed by atoms with van der Waals surface area (Å²) in [5.74, 6) is -0.890. The summed E-state index contributed by atoms with van der Waals surface area (Å²) in [5, 5.41) is 11.5. The first kappa shape index (κ1) is 19.3. The van der Waals surface area contributed by atoms with Crippen molar-refractivity contribution in [1.82, 2.24) is 5.32 Å². The van der Waals surface area contributed by atoms with Gasteiger partial charge in [0, 0.05) is 0 Å². The lowest BCUT2D eigenvalue weighted by atomic mass is 10.1. The van der Waals surface area contributed by atoms with E-state index in [-0.39, 0.29) is 11.9 Å². The number of carbonyl (C=O) groups is 1. The molecule has 1 aromatic rings. The van der Waals surface area contributed by atoms with Crippen molar-refractivity contribution in [1.29, 1.82) is 0 Å². The molecule has 0 radical (unpaired) electrons. The molecule has 1 aromatic carbocycles. The van der Waals surface area contributed by atoms with E-state index in [4.69, 9.17) is 5.11 Å². The summed E-state index contributed by atoms with van der Waals surface area (Å²) in [6.07, 6.45) is 6.79. The Morgan fingerprint density at radius 1 is 1.38 bits per heavy atom. The fourth-order valence-electron chi connectivity index (χ4n) is 1.76. The summed E-state index contributed by atoms with van der Waals surface area (Å²) >= 11 is 0. The molecule has 0 bridgehead atoms. The molecule has 21 heavy (non-hydrogen) atoms. The van der Waals surface area contributed by atoms with E-state index in [1.165, 1.54) is 6.07 Å². The number of halogens is 1. The number of carboxylic acid groups (broad SMARTS) is 1. The van der Waals surface area contributed by atoms with Gasteiger partial charge in [-0.25, -0.2) is 4.39 Å². The monoisotopic (exact) mass is 295 g/mol. The zero-order valence-corrected chi connectivity index (χ0v) is 12.9. The summed E-state index contributed by atoms with van der Waals surface area (Å²) in [7, 11) is 1.68.